The number of aliphatic carboxylic acids is 1. The number of hydrogen-bond acceptors (Lipinski definition) is 6. The molecular weight excluding hydrogens is 392 g/mol. The second-order valence-corrected chi connectivity index (χ2v) is 7.92. The van der Waals surface area contributed by atoms with Gasteiger partial charge in [-0.2, -0.15) is 0 Å². The normalized spacial score (nSPS) is 14.1. The zero-order valence-corrected chi connectivity index (χ0v) is 17.8. The van der Waals surface area contributed by atoms with Gasteiger partial charge in [-0.25, -0.2) is 4.98 Å². The van der Waals surface area contributed by atoms with E-state index in [2.05, 4.69) is 25.9 Å². The molecule has 7 N–H and O–H groups in total. The number of rotatable bonds is 12. The van der Waals surface area contributed by atoms with Crippen LogP contribution in [0.3, 0.4) is 0 Å². The summed E-state index contributed by atoms with van der Waals surface area (Å²) in [6.07, 6.45) is 3.62. The third kappa shape index (κ3) is 8.60. The monoisotopic (exact) mass is 424 g/mol. The second-order valence-electron chi connectivity index (χ2n) is 7.92. The molecule has 0 aliphatic heterocycles. The molecule has 0 aliphatic rings. The fourth-order valence-electron chi connectivity index (χ4n) is 2.77. The van der Waals surface area contributed by atoms with E-state index in [-0.39, 0.29) is 18.3 Å². The highest BCUT2D eigenvalue weighted by atomic mass is 16.4. The molecule has 11 nitrogen and oxygen atoms in total. The number of amides is 3. The Hall–Kier alpha value is -2.95. The van der Waals surface area contributed by atoms with Gasteiger partial charge in [-0.15, -0.1) is 0 Å². The number of imidazole rings is 1. The van der Waals surface area contributed by atoms with E-state index in [1.165, 1.54) is 6.33 Å². The summed E-state index contributed by atoms with van der Waals surface area (Å²) in [6, 6.07) is -2.71. The van der Waals surface area contributed by atoms with Crippen LogP contribution in [0.15, 0.2) is 12.5 Å². The Morgan fingerprint density at radius 2 is 1.77 bits per heavy atom. The van der Waals surface area contributed by atoms with E-state index in [1.807, 2.05) is 13.8 Å². The van der Waals surface area contributed by atoms with Gasteiger partial charge in [0.1, 0.15) is 18.6 Å². The van der Waals surface area contributed by atoms with Gasteiger partial charge in [-0.1, -0.05) is 27.7 Å². The maximum absolute atomic E-state index is 12.8. The highest BCUT2D eigenvalue weighted by molar-refractivity contribution is 5.93. The summed E-state index contributed by atoms with van der Waals surface area (Å²) >= 11 is 0. The predicted molar refractivity (Wildman–Crippen MR) is 109 cm³/mol. The molecule has 1 aromatic heterocycles. The van der Waals surface area contributed by atoms with E-state index in [0.29, 0.717) is 12.1 Å². The second kappa shape index (κ2) is 11.9. The first-order valence-electron chi connectivity index (χ1n) is 9.84. The van der Waals surface area contributed by atoms with E-state index in [9.17, 15) is 19.2 Å². The third-order valence-electron chi connectivity index (χ3n) is 4.33. The lowest BCUT2D eigenvalue weighted by molar-refractivity contribution is -0.139. The number of aromatic amines is 1. The van der Waals surface area contributed by atoms with Crippen LogP contribution in [-0.4, -0.2) is 63.4 Å². The average molecular weight is 425 g/mol. The van der Waals surface area contributed by atoms with Gasteiger partial charge in [-0.05, 0) is 18.3 Å². The lowest BCUT2D eigenvalue weighted by atomic mass is 9.99. The van der Waals surface area contributed by atoms with Crippen LogP contribution in [0.25, 0.3) is 0 Å². The third-order valence-corrected chi connectivity index (χ3v) is 4.33. The Morgan fingerprint density at radius 3 is 2.27 bits per heavy atom. The molecule has 3 atom stereocenters. The topological polar surface area (TPSA) is 179 Å². The fraction of sp³-hybridized carbons (Fsp3) is 0.632. The van der Waals surface area contributed by atoms with Crippen molar-refractivity contribution in [1.29, 1.82) is 0 Å². The van der Waals surface area contributed by atoms with Gasteiger partial charge in [0.15, 0.2) is 0 Å². The van der Waals surface area contributed by atoms with Crippen LogP contribution in [0.2, 0.25) is 0 Å². The van der Waals surface area contributed by atoms with Crippen molar-refractivity contribution < 1.29 is 24.3 Å². The minimum Gasteiger partial charge on any atom is -0.480 e. The summed E-state index contributed by atoms with van der Waals surface area (Å²) in [7, 11) is 0. The SMILES string of the molecule is CC(C)CC(NC(=O)C(N)Cc1cnc[nH]1)C(=O)NC(C(=O)NCC(=O)O)C(C)C. The van der Waals surface area contributed by atoms with Gasteiger partial charge in [0.2, 0.25) is 17.7 Å². The van der Waals surface area contributed by atoms with Crippen molar-refractivity contribution in [3.05, 3.63) is 18.2 Å². The molecular formula is C19H32N6O5. The Labute approximate surface area is 175 Å². The average Bonchev–Trinajstić information content (AvgIpc) is 3.15. The van der Waals surface area contributed by atoms with Gasteiger partial charge in [-0.3, -0.25) is 19.2 Å². The first kappa shape index (κ1) is 25.1. The summed E-state index contributed by atoms with van der Waals surface area (Å²) in [5, 5.41) is 16.3. The Kier molecular flexibility index (Phi) is 9.96. The van der Waals surface area contributed by atoms with Crippen molar-refractivity contribution in [2.45, 2.75) is 58.7 Å². The van der Waals surface area contributed by atoms with Crippen molar-refractivity contribution in [2.24, 2.45) is 17.6 Å². The van der Waals surface area contributed by atoms with Crippen LogP contribution in [0.4, 0.5) is 0 Å². The van der Waals surface area contributed by atoms with Crippen LogP contribution in [0.1, 0.15) is 39.8 Å². The molecule has 168 valence electrons. The van der Waals surface area contributed by atoms with Crippen LogP contribution in [0.5, 0.6) is 0 Å². The molecule has 30 heavy (non-hydrogen) atoms. The zero-order chi connectivity index (χ0) is 22.8. The summed E-state index contributed by atoms with van der Waals surface area (Å²) in [6.45, 7) is 6.70. The predicted octanol–water partition coefficient (Wildman–Crippen LogP) is -0.848. The summed E-state index contributed by atoms with van der Waals surface area (Å²) in [5.41, 5.74) is 6.63. The maximum Gasteiger partial charge on any atom is 0.322 e. The zero-order valence-electron chi connectivity index (χ0n) is 17.8. The summed E-state index contributed by atoms with van der Waals surface area (Å²) < 4.78 is 0. The number of nitrogens with two attached hydrogens (primary N) is 1. The van der Waals surface area contributed by atoms with Crippen LogP contribution >= 0.6 is 0 Å². The molecule has 1 aromatic rings. The number of hydrogen-bond donors (Lipinski definition) is 6. The molecule has 0 radical (unpaired) electrons. The molecule has 0 aliphatic carbocycles. The smallest absolute Gasteiger partial charge is 0.322 e. The molecule has 0 bridgehead atoms. The van der Waals surface area contributed by atoms with Crippen LogP contribution in [0, 0.1) is 11.8 Å². The highest BCUT2D eigenvalue weighted by Crippen LogP contribution is 2.09. The van der Waals surface area contributed by atoms with E-state index >= 15 is 0 Å². The molecule has 0 spiro atoms. The molecule has 0 saturated carbocycles. The molecule has 3 amide bonds. The fourth-order valence-corrected chi connectivity index (χ4v) is 2.77. The van der Waals surface area contributed by atoms with Crippen LogP contribution in [-0.2, 0) is 25.6 Å². The summed E-state index contributed by atoms with van der Waals surface area (Å²) in [4.78, 5) is 55.0. The minimum atomic E-state index is -1.19. The first-order valence-corrected chi connectivity index (χ1v) is 9.84. The van der Waals surface area contributed by atoms with Gasteiger partial charge in [0.25, 0.3) is 0 Å². The number of carbonyl (C=O) groups excluding carboxylic acids is 3. The van der Waals surface area contributed by atoms with Crippen molar-refractivity contribution in [3.8, 4) is 0 Å². The Morgan fingerprint density at radius 1 is 1.10 bits per heavy atom. The number of nitrogens with zero attached hydrogens (tertiary/aromatic N) is 1. The molecule has 3 unspecified atom stereocenters. The van der Waals surface area contributed by atoms with Crippen molar-refractivity contribution in [2.75, 3.05) is 6.54 Å². The number of carboxylic acids is 1. The molecule has 0 saturated heterocycles. The number of carbonyl (C=O) groups is 4. The highest BCUT2D eigenvalue weighted by Gasteiger charge is 2.30. The Bertz CT molecular complexity index is 719. The molecule has 0 aromatic carbocycles. The number of H-pyrrole nitrogens is 1. The van der Waals surface area contributed by atoms with Gasteiger partial charge in [0.05, 0.1) is 12.4 Å². The minimum absolute atomic E-state index is 0.0863. The van der Waals surface area contributed by atoms with E-state index in [4.69, 9.17) is 10.8 Å². The number of nitrogens with one attached hydrogen (secondary N) is 4. The van der Waals surface area contributed by atoms with E-state index in [0.717, 1.165) is 0 Å². The maximum atomic E-state index is 12.8. The molecule has 1 heterocycles. The lowest BCUT2D eigenvalue weighted by Crippen LogP contribution is -2.57. The molecule has 11 heteroatoms. The molecule has 0 fully saturated rings. The largest absolute Gasteiger partial charge is 0.480 e. The number of carboxylic acid groups (broad SMARTS) is 1. The molecule has 1 rings (SSSR count). The summed E-state index contributed by atoms with van der Waals surface area (Å²) in [5.74, 6) is -3.03. The van der Waals surface area contributed by atoms with Crippen molar-refractivity contribution >= 4 is 23.7 Å². The lowest BCUT2D eigenvalue weighted by Gasteiger charge is -2.26. The van der Waals surface area contributed by atoms with E-state index in [1.54, 1.807) is 20.0 Å². The van der Waals surface area contributed by atoms with Gasteiger partial charge < -0.3 is 31.8 Å². The van der Waals surface area contributed by atoms with Crippen molar-refractivity contribution in [3.63, 3.8) is 0 Å². The van der Waals surface area contributed by atoms with E-state index < -0.39 is 48.4 Å². The Balaban J connectivity index is 2.81. The quantitative estimate of drug-likeness (QED) is 0.253. The standard InChI is InChI=1S/C19H32N6O5/c1-10(2)5-14(24-17(28)13(20)6-12-7-21-9-23-12)18(29)25-16(11(3)4)19(30)22-8-15(26)27/h7,9-11,13-14,16H,5-6,8,20H2,1-4H3,(H,21,23)(H,22,30)(H,24,28)(H,25,29)(H,26,27). The van der Waals surface area contributed by atoms with Gasteiger partial charge in [0, 0.05) is 18.3 Å². The first-order chi connectivity index (χ1) is 14.0. The number of aromatic nitrogens is 2. The van der Waals surface area contributed by atoms with Crippen molar-refractivity contribution in [1.82, 2.24) is 25.9 Å². The van der Waals surface area contributed by atoms with Gasteiger partial charge >= 0.3 is 5.97 Å². The van der Waals surface area contributed by atoms with Crippen LogP contribution < -0.4 is 21.7 Å².